The molecule has 8 aromatic carbocycles. The van der Waals surface area contributed by atoms with E-state index in [1.807, 2.05) is 103 Å². The Morgan fingerprint density at radius 3 is 1.62 bits per heavy atom. The summed E-state index contributed by atoms with van der Waals surface area (Å²) >= 11 is 0. The fourth-order valence-corrected chi connectivity index (χ4v) is 8.32. The molecule has 0 atom stereocenters. The molecule has 9 aromatic rings. The van der Waals surface area contributed by atoms with Crippen molar-refractivity contribution in [3.63, 3.8) is 0 Å². The first-order chi connectivity index (χ1) is 27.1. The molecule has 4 heteroatoms. The van der Waals surface area contributed by atoms with Gasteiger partial charge >= 0.3 is 0 Å². The van der Waals surface area contributed by atoms with E-state index in [1.165, 1.54) is 4.90 Å². The fraction of sp³-hybridized carbons (Fsp3) is 0.0196. The van der Waals surface area contributed by atoms with E-state index >= 15 is 9.59 Å². The number of amides is 2. The lowest BCUT2D eigenvalue weighted by atomic mass is 9.90. The number of rotatable bonds is 6. The van der Waals surface area contributed by atoms with E-state index in [0.29, 0.717) is 22.5 Å². The number of imide groups is 1. The molecule has 0 fully saturated rings. The van der Waals surface area contributed by atoms with Gasteiger partial charge in [0.15, 0.2) is 0 Å². The molecule has 260 valence electrons. The maximum absolute atomic E-state index is 15.4. The molecule has 0 saturated carbocycles. The predicted octanol–water partition coefficient (Wildman–Crippen LogP) is 12.6. The Bertz CT molecular complexity index is 2900. The van der Waals surface area contributed by atoms with Crippen molar-refractivity contribution >= 4 is 39.3 Å². The number of anilines is 1. The van der Waals surface area contributed by atoms with Crippen LogP contribution in [0.5, 0.6) is 0 Å². The number of benzene rings is 8. The van der Waals surface area contributed by atoms with Crippen molar-refractivity contribution in [1.29, 1.82) is 0 Å². The van der Waals surface area contributed by atoms with Crippen LogP contribution in [0.25, 0.3) is 72.0 Å². The van der Waals surface area contributed by atoms with Gasteiger partial charge in [-0.1, -0.05) is 163 Å². The van der Waals surface area contributed by atoms with Crippen LogP contribution in [0.2, 0.25) is 0 Å². The van der Waals surface area contributed by atoms with E-state index in [-0.39, 0.29) is 11.8 Å². The maximum Gasteiger partial charge on any atom is 0.268 e. The highest BCUT2D eigenvalue weighted by Crippen LogP contribution is 2.47. The lowest BCUT2D eigenvalue weighted by molar-refractivity contribution is 0.0926. The lowest BCUT2D eigenvalue weighted by Gasteiger charge is -2.24. The van der Waals surface area contributed by atoms with Crippen LogP contribution in [0.3, 0.4) is 0 Å². The molecule has 1 aliphatic rings. The minimum atomic E-state index is -0.351. The Kier molecular flexibility index (Phi) is 7.63. The third-order valence-electron chi connectivity index (χ3n) is 10.8. The number of aryl methyl sites for hydroxylation is 1. The molecule has 0 N–H and O–H groups in total. The molecule has 55 heavy (non-hydrogen) atoms. The normalized spacial score (nSPS) is 12.5. The third-order valence-corrected chi connectivity index (χ3v) is 10.8. The predicted molar refractivity (Wildman–Crippen MR) is 225 cm³/mol. The molecule has 1 aliphatic heterocycles. The first-order valence-electron chi connectivity index (χ1n) is 18.5. The average molecular weight is 707 g/mol. The van der Waals surface area contributed by atoms with E-state index in [4.69, 9.17) is 0 Å². The van der Waals surface area contributed by atoms with E-state index in [9.17, 15) is 0 Å². The Morgan fingerprint density at radius 2 is 0.945 bits per heavy atom. The van der Waals surface area contributed by atoms with Gasteiger partial charge < -0.3 is 4.57 Å². The lowest BCUT2D eigenvalue weighted by Crippen LogP contribution is -2.30. The van der Waals surface area contributed by atoms with Crippen LogP contribution in [-0.4, -0.2) is 16.4 Å². The first kappa shape index (κ1) is 32.4. The average Bonchev–Trinajstić information content (AvgIpc) is 3.71. The van der Waals surface area contributed by atoms with Crippen molar-refractivity contribution in [2.45, 2.75) is 6.92 Å². The monoisotopic (exact) mass is 706 g/mol. The van der Waals surface area contributed by atoms with E-state index in [2.05, 4.69) is 90.4 Å². The number of nitrogens with zero attached hydrogens (tertiary/aromatic N) is 2. The summed E-state index contributed by atoms with van der Waals surface area (Å²) in [7, 11) is 0. The third kappa shape index (κ3) is 5.22. The number of carbonyl (C=O) groups excluding carboxylic acids is 2. The zero-order chi connectivity index (χ0) is 37.0. The number of hydrogen-bond donors (Lipinski definition) is 0. The van der Waals surface area contributed by atoms with E-state index in [1.54, 1.807) is 6.07 Å². The second kappa shape index (κ2) is 13.0. The van der Waals surface area contributed by atoms with Crippen LogP contribution in [0.15, 0.2) is 188 Å². The molecule has 0 spiro atoms. The number of carbonyl (C=O) groups is 2. The number of fused-ring (bicyclic) bond motifs is 4. The molecule has 0 radical (unpaired) electrons. The highest BCUT2D eigenvalue weighted by Gasteiger charge is 2.42. The molecule has 0 unspecified atom stereocenters. The molecule has 2 amide bonds. The summed E-state index contributed by atoms with van der Waals surface area (Å²) in [5.74, 6) is -0.695. The molecule has 2 heterocycles. The van der Waals surface area contributed by atoms with Gasteiger partial charge in [-0.15, -0.1) is 0 Å². The van der Waals surface area contributed by atoms with E-state index in [0.717, 1.165) is 71.9 Å². The van der Waals surface area contributed by atoms with Crippen molar-refractivity contribution in [2.24, 2.45) is 0 Å². The van der Waals surface area contributed by atoms with Crippen LogP contribution in [-0.2, 0) is 0 Å². The van der Waals surface area contributed by atoms with Gasteiger partial charge in [0.1, 0.15) is 0 Å². The van der Waals surface area contributed by atoms with Crippen LogP contribution in [0, 0.1) is 6.92 Å². The van der Waals surface area contributed by atoms with Crippen LogP contribution >= 0.6 is 0 Å². The Labute approximate surface area is 319 Å². The topological polar surface area (TPSA) is 42.3 Å². The quantitative estimate of drug-likeness (QED) is 0.162. The number of para-hydroxylation sites is 2. The smallest absolute Gasteiger partial charge is 0.268 e. The summed E-state index contributed by atoms with van der Waals surface area (Å²) < 4.78 is 2.19. The number of hydrogen-bond acceptors (Lipinski definition) is 2. The van der Waals surface area contributed by atoms with Gasteiger partial charge in [0, 0.05) is 27.5 Å². The van der Waals surface area contributed by atoms with Gasteiger partial charge in [0.25, 0.3) is 11.8 Å². The summed E-state index contributed by atoms with van der Waals surface area (Å²) in [6.45, 7) is 2.10. The maximum atomic E-state index is 15.4. The molecule has 1 aromatic heterocycles. The minimum absolute atomic E-state index is 0.344. The van der Waals surface area contributed by atoms with Crippen LogP contribution < -0.4 is 4.90 Å². The van der Waals surface area contributed by atoms with Gasteiger partial charge in [0.2, 0.25) is 0 Å². The van der Waals surface area contributed by atoms with Crippen LogP contribution in [0.4, 0.5) is 5.69 Å². The summed E-state index contributed by atoms with van der Waals surface area (Å²) in [5, 5.41) is 2.16. The Balaban J connectivity index is 1.25. The standard InChI is InChI=1S/C51H34N2O2/c1-33-16-13-23-37(30-33)39-25-14-26-41-40-24-11-12-28-45(40)52(48(39)41)46-29-15-27-42-47(46)51(55)53(50(42)54)49-43(35-19-7-3-8-20-35)31-38(34-17-5-2-6-18-34)32-44(49)36-21-9-4-10-22-36/h2-32H,1H3. The highest BCUT2D eigenvalue weighted by molar-refractivity contribution is 6.37. The second-order valence-electron chi connectivity index (χ2n) is 14.1. The molecule has 4 nitrogen and oxygen atoms in total. The van der Waals surface area contributed by atoms with Crippen molar-refractivity contribution in [3.8, 4) is 50.2 Å². The van der Waals surface area contributed by atoms with Crippen molar-refractivity contribution in [3.05, 3.63) is 205 Å². The molecule has 0 saturated heterocycles. The first-order valence-corrected chi connectivity index (χ1v) is 18.5. The zero-order valence-corrected chi connectivity index (χ0v) is 30.1. The molecule has 0 bridgehead atoms. The van der Waals surface area contributed by atoms with Crippen molar-refractivity contribution in [2.75, 3.05) is 4.90 Å². The largest absolute Gasteiger partial charge is 0.308 e. The summed E-state index contributed by atoms with van der Waals surface area (Å²) in [6, 6.07) is 63.4. The highest BCUT2D eigenvalue weighted by atomic mass is 16.2. The van der Waals surface area contributed by atoms with Crippen molar-refractivity contribution < 1.29 is 9.59 Å². The Morgan fingerprint density at radius 1 is 0.400 bits per heavy atom. The van der Waals surface area contributed by atoms with Gasteiger partial charge in [-0.2, -0.15) is 0 Å². The second-order valence-corrected chi connectivity index (χ2v) is 14.1. The summed E-state index contributed by atoms with van der Waals surface area (Å²) in [4.78, 5) is 31.8. The molecular formula is C51H34N2O2. The summed E-state index contributed by atoms with van der Waals surface area (Å²) in [5.41, 5.74) is 12.7. The fourth-order valence-electron chi connectivity index (χ4n) is 8.32. The Hall–Kier alpha value is -7.30. The molecule has 0 aliphatic carbocycles. The minimum Gasteiger partial charge on any atom is -0.308 e. The van der Waals surface area contributed by atoms with Gasteiger partial charge in [0.05, 0.1) is 33.5 Å². The van der Waals surface area contributed by atoms with Gasteiger partial charge in [-0.05, 0) is 65.1 Å². The van der Waals surface area contributed by atoms with Gasteiger partial charge in [-0.3, -0.25) is 9.59 Å². The SMILES string of the molecule is Cc1cccc(-c2cccc3c4ccccc4n(-c4cccc5c4C(=O)N(c4c(-c6ccccc6)cc(-c6ccccc6)cc4-c4ccccc4)C5=O)c23)c1. The molecule has 10 rings (SSSR count). The molecular weight excluding hydrogens is 673 g/mol. The number of aromatic nitrogens is 1. The summed E-state index contributed by atoms with van der Waals surface area (Å²) in [6.07, 6.45) is 0. The van der Waals surface area contributed by atoms with Crippen LogP contribution in [0.1, 0.15) is 26.3 Å². The van der Waals surface area contributed by atoms with E-state index < -0.39 is 0 Å². The van der Waals surface area contributed by atoms with Gasteiger partial charge in [-0.25, -0.2) is 4.90 Å². The van der Waals surface area contributed by atoms with Crippen molar-refractivity contribution in [1.82, 2.24) is 4.57 Å². The zero-order valence-electron chi connectivity index (χ0n) is 30.1.